The second-order valence-corrected chi connectivity index (χ2v) is 15.5. The zero-order valence-electron chi connectivity index (χ0n) is 15.5. The van der Waals surface area contributed by atoms with Crippen LogP contribution in [0, 0.1) is 17.8 Å². The molecule has 0 bridgehead atoms. The first-order valence-corrected chi connectivity index (χ1v) is 12.2. The van der Waals surface area contributed by atoms with Gasteiger partial charge in [-0.15, -0.1) is 4.72 Å². The highest BCUT2D eigenvalue weighted by atomic mass is 32.2. The SMILES string of the molecule is CC(C)(C)[S@+]([O-])NC(C#CC1CC1)CO[Si](C)(C)C(C)(C)C. The molecule has 5 heteroatoms. The predicted molar refractivity (Wildman–Crippen MR) is 98.5 cm³/mol. The summed E-state index contributed by atoms with van der Waals surface area (Å²) < 4.78 is 21.5. The summed E-state index contributed by atoms with van der Waals surface area (Å²) in [6.45, 7) is 17.6. The second-order valence-electron chi connectivity index (χ2n) is 8.69. The first-order valence-electron chi connectivity index (χ1n) is 8.16. The molecule has 0 spiro atoms. The fraction of sp³-hybridized carbons (Fsp3) is 0.882. The second kappa shape index (κ2) is 7.27. The maximum Gasteiger partial charge on any atom is 0.192 e. The fourth-order valence-electron chi connectivity index (χ4n) is 1.37. The summed E-state index contributed by atoms with van der Waals surface area (Å²) >= 11 is -1.13. The Labute approximate surface area is 141 Å². The van der Waals surface area contributed by atoms with Crippen molar-refractivity contribution in [3.05, 3.63) is 0 Å². The molecule has 1 unspecified atom stereocenters. The molecule has 0 aromatic rings. The summed E-state index contributed by atoms with van der Waals surface area (Å²) in [6.07, 6.45) is 2.40. The van der Waals surface area contributed by atoms with E-state index in [1.54, 1.807) is 0 Å². The summed E-state index contributed by atoms with van der Waals surface area (Å²) in [4.78, 5) is 0. The minimum atomic E-state index is -1.81. The van der Waals surface area contributed by atoms with Gasteiger partial charge in [0, 0.05) is 17.3 Å². The van der Waals surface area contributed by atoms with Crippen molar-refractivity contribution < 1.29 is 8.98 Å². The largest absolute Gasteiger partial charge is 0.598 e. The van der Waals surface area contributed by atoms with Crippen molar-refractivity contribution in [3.63, 3.8) is 0 Å². The average molecular weight is 344 g/mol. The lowest BCUT2D eigenvalue weighted by Gasteiger charge is -2.37. The molecule has 0 aromatic carbocycles. The summed E-state index contributed by atoms with van der Waals surface area (Å²) in [5.74, 6) is 7.07. The van der Waals surface area contributed by atoms with E-state index in [1.165, 1.54) is 12.8 Å². The summed E-state index contributed by atoms with van der Waals surface area (Å²) in [7, 11) is -1.81. The number of hydrogen-bond acceptors (Lipinski definition) is 3. The van der Waals surface area contributed by atoms with Crippen LogP contribution in [0.2, 0.25) is 18.1 Å². The molecule has 0 saturated heterocycles. The number of rotatable bonds is 5. The smallest absolute Gasteiger partial charge is 0.192 e. The molecule has 2 atom stereocenters. The molecule has 3 nitrogen and oxygen atoms in total. The van der Waals surface area contributed by atoms with Gasteiger partial charge in [0.15, 0.2) is 8.32 Å². The Kier molecular flexibility index (Phi) is 6.63. The minimum Gasteiger partial charge on any atom is -0.598 e. The van der Waals surface area contributed by atoms with Gasteiger partial charge in [-0.25, -0.2) is 0 Å². The molecule has 0 amide bonds. The predicted octanol–water partition coefficient (Wildman–Crippen LogP) is 3.84. The lowest BCUT2D eigenvalue weighted by Crippen LogP contribution is -2.49. The van der Waals surface area contributed by atoms with E-state index in [-0.39, 0.29) is 15.8 Å². The van der Waals surface area contributed by atoms with Crippen molar-refractivity contribution in [3.8, 4) is 11.8 Å². The molecule has 22 heavy (non-hydrogen) atoms. The maximum atomic E-state index is 12.3. The molecule has 0 heterocycles. The van der Waals surface area contributed by atoms with Crippen LogP contribution in [-0.4, -0.2) is 30.3 Å². The third-order valence-electron chi connectivity index (χ3n) is 4.26. The highest BCUT2D eigenvalue weighted by Gasteiger charge is 2.38. The molecule has 1 aliphatic rings. The van der Waals surface area contributed by atoms with E-state index in [9.17, 15) is 4.55 Å². The van der Waals surface area contributed by atoms with Crippen molar-refractivity contribution in [1.82, 2.24) is 4.72 Å². The summed E-state index contributed by atoms with van der Waals surface area (Å²) in [6, 6.07) is -0.158. The molecule has 1 N–H and O–H groups in total. The molecule has 1 aliphatic carbocycles. The molecule has 1 saturated carbocycles. The van der Waals surface area contributed by atoms with Crippen molar-refractivity contribution in [1.29, 1.82) is 0 Å². The molecular formula is C17H33NO2SSi. The molecule has 1 rings (SSSR count). The van der Waals surface area contributed by atoms with Crippen molar-refractivity contribution in [2.24, 2.45) is 5.92 Å². The van der Waals surface area contributed by atoms with Gasteiger partial charge in [0.1, 0.15) is 10.8 Å². The Bertz CT molecular complexity index is 425. The Balaban J connectivity index is 2.69. The van der Waals surface area contributed by atoms with Crippen LogP contribution >= 0.6 is 0 Å². The van der Waals surface area contributed by atoms with E-state index in [2.05, 4.69) is 50.4 Å². The van der Waals surface area contributed by atoms with E-state index < -0.39 is 19.7 Å². The van der Waals surface area contributed by atoms with E-state index >= 15 is 0 Å². The van der Waals surface area contributed by atoms with Gasteiger partial charge >= 0.3 is 0 Å². The zero-order valence-corrected chi connectivity index (χ0v) is 17.3. The van der Waals surface area contributed by atoms with Gasteiger partial charge in [0.2, 0.25) is 0 Å². The molecular weight excluding hydrogens is 310 g/mol. The molecule has 128 valence electrons. The van der Waals surface area contributed by atoms with E-state index in [1.807, 2.05) is 20.8 Å². The molecule has 0 aliphatic heterocycles. The molecule has 1 fully saturated rings. The number of hydrogen-bond donors (Lipinski definition) is 1. The van der Waals surface area contributed by atoms with Crippen LogP contribution in [0.4, 0.5) is 0 Å². The van der Waals surface area contributed by atoms with Gasteiger partial charge in [0.05, 0.1) is 6.61 Å². The van der Waals surface area contributed by atoms with Crippen LogP contribution in [0.1, 0.15) is 54.4 Å². The van der Waals surface area contributed by atoms with Gasteiger partial charge < -0.3 is 8.98 Å². The first-order chi connectivity index (χ1) is 9.83. The summed E-state index contributed by atoms with van der Waals surface area (Å²) in [5.41, 5.74) is 0. The van der Waals surface area contributed by atoms with E-state index in [0.29, 0.717) is 12.5 Å². The lowest BCUT2D eigenvalue weighted by atomic mass is 10.2. The van der Waals surface area contributed by atoms with Crippen LogP contribution in [0.15, 0.2) is 0 Å². The van der Waals surface area contributed by atoms with Crippen molar-refractivity contribution in [2.75, 3.05) is 6.61 Å². The Morgan fingerprint density at radius 2 is 1.77 bits per heavy atom. The Morgan fingerprint density at radius 3 is 2.18 bits per heavy atom. The van der Waals surface area contributed by atoms with Crippen LogP contribution < -0.4 is 4.72 Å². The summed E-state index contributed by atoms with van der Waals surface area (Å²) in [5, 5.41) is 0.171. The van der Waals surface area contributed by atoms with Crippen LogP contribution in [-0.2, 0) is 15.8 Å². The van der Waals surface area contributed by atoms with Gasteiger partial charge in [-0.1, -0.05) is 32.6 Å². The quantitative estimate of drug-likeness (QED) is 0.468. The Hall–Kier alpha value is 0.00688. The lowest BCUT2D eigenvalue weighted by molar-refractivity contribution is 0.274. The molecule has 0 aromatic heterocycles. The van der Waals surface area contributed by atoms with Crippen LogP contribution in [0.5, 0.6) is 0 Å². The van der Waals surface area contributed by atoms with E-state index in [0.717, 1.165) is 0 Å². The average Bonchev–Trinajstić information content (AvgIpc) is 3.13. The standard InChI is InChI=1S/C17H33NO2SSi/c1-16(2,3)21(19)18-15(12-11-14-9-10-14)13-20-22(7,8)17(4,5)6/h14-15,18H,9-10,13H2,1-8H3/t15?,21-/m0/s1. The van der Waals surface area contributed by atoms with E-state index in [4.69, 9.17) is 4.43 Å². The van der Waals surface area contributed by atoms with Crippen molar-refractivity contribution in [2.45, 2.75) is 83.3 Å². The fourth-order valence-corrected chi connectivity index (χ4v) is 3.12. The first kappa shape index (κ1) is 20.1. The minimum absolute atomic E-state index is 0.158. The van der Waals surface area contributed by atoms with Gasteiger partial charge in [-0.2, -0.15) is 0 Å². The Morgan fingerprint density at radius 1 is 1.23 bits per heavy atom. The van der Waals surface area contributed by atoms with Gasteiger partial charge in [-0.05, 0) is 51.7 Å². The van der Waals surface area contributed by atoms with Gasteiger partial charge in [0.25, 0.3) is 0 Å². The normalized spacial score (nSPS) is 19.3. The third kappa shape index (κ3) is 6.63. The maximum absolute atomic E-state index is 12.3. The topological polar surface area (TPSA) is 44.3 Å². The molecule has 0 radical (unpaired) electrons. The van der Waals surface area contributed by atoms with Crippen LogP contribution in [0.25, 0.3) is 0 Å². The zero-order chi connectivity index (χ0) is 17.2. The van der Waals surface area contributed by atoms with Crippen molar-refractivity contribution >= 4 is 19.7 Å². The monoisotopic (exact) mass is 343 g/mol. The van der Waals surface area contributed by atoms with Crippen LogP contribution in [0.3, 0.4) is 0 Å². The highest BCUT2D eigenvalue weighted by Crippen LogP contribution is 2.36. The highest BCUT2D eigenvalue weighted by molar-refractivity contribution is 7.90. The third-order valence-corrected chi connectivity index (χ3v) is 10.4. The van der Waals surface area contributed by atoms with Gasteiger partial charge in [-0.3, -0.25) is 0 Å². The number of nitrogens with one attached hydrogen (secondary N) is 1.